The second-order valence-electron chi connectivity index (χ2n) is 4.02. The molecular formula is C11H10N4O4. The Morgan fingerprint density at radius 1 is 1.47 bits per heavy atom. The third kappa shape index (κ3) is 2.13. The van der Waals surface area contributed by atoms with Gasteiger partial charge in [-0.2, -0.15) is 0 Å². The maximum atomic E-state index is 11.3. The fourth-order valence-corrected chi connectivity index (χ4v) is 2.01. The van der Waals surface area contributed by atoms with E-state index in [4.69, 9.17) is 4.74 Å². The molecule has 0 unspecified atom stereocenters. The molecule has 1 N–H and O–H groups in total. The summed E-state index contributed by atoms with van der Waals surface area (Å²) in [5, 5.41) is 17.7. The van der Waals surface area contributed by atoms with Gasteiger partial charge in [0.15, 0.2) is 5.82 Å². The van der Waals surface area contributed by atoms with E-state index >= 15 is 0 Å². The van der Waals surface area contributed by atoms with Gasteiger partial charge in [-0.3, -0.25) is 15.1 Å². The van der Waals surface area contributed by atoms with Crippen LogP contribution in [0.25, 0.3) is 0 Å². The zero-order valence-electron chi connectivity index (χ0n) is 9.83. The van der Waals surface area contributed by atoms with Gasteiger partial charge >= 0.3 is 5.69 Å². The predicted molar refractivity (Wildman–Crippen MR) is 64.0 cm³/mol. The van der Waals surface area contributed by atoms with Crippen LogP contribution in [0.3, 0.4) is 0 Å². The molecule has 0 bridgehead atoms. The molecule has 2 aromatic rings. The minimum absolute atomic E-state index is 0.0206. The Morgan fingerprint density at radius 3 is 3.11 bits per heavy atom. The van der Waals surface area contributed by atoms with E-state index in [0.717, 1.165) is 0 Å². The van der Waals surface area contributed by atoms with Crippen molar-refractivity contribution < 1.29 is 14.2 Å². The second kappa shape index (κ2) is 4.65. The maximum Gasteiger partial charge on any atom is 0.301 e. The molecule has 8 nitrogen and oxygen atoms in total. The number of nitrogens with zero attached hydrogens (tertiary/aromatic N) is 3. The summed E-state index contributed by atoms with van der Waals surface area (Å²) >= 11 is 0. The maximum absolute atomic E-state index is 11.3. The fourth-order valence-electron chi connectivity index (χ4n) is 2.01. The van der Waals surface area contributed by atoms with Crippen molar-refractivity contribution in [1.29, 1.82) is 0 Å². The third-order valence-electron chi connectivity index (χ3n) is 2.85. The molecule has 0 spiro atoms. The van der Waals surface area contributed by atoms with Gasteiger partial charge in [0.1, 0.15) is 12.0 Å². The lowest BCUT2D eigenvalue weighted by Gasteiger charge is -2.16. The van der Waals surface area contributed by atoms with Crippen molar-refractivity contribution in [2.45, 2.75) is 13.0 Å². The van der Waals surface area contributed by atoms with E-state index in [9.17, 15) is 10.1 Å². The van der Waals surface area contributed by atoms with Gasteiger partial charge < -0.3 is 14.6 Å². The van der Waals surface area contributed by atoms with E-state index in [-0.39, 0.29) is 18.0 Å². The predicted octanol–water partition coefficient (Wildman–Crippen LogP) is 1.79. The van der Waals surface area contributed by atoms with Crippen LogP contribution in [0, 0.1) is 10.1 Å². The number of nitro groups is 1. The van der Waals surface area contributed by atoms with Gasteiger partial charge in [0, 0.05) is 12.5 Å². The Bertz CT molecular complexity index is 611. The van der Waals surface area contributed by atoms with E-state index in [0.29, 0.717) is 30.1 Å². The number of aromatic nitrogens is 2. The van der Waals surface area contributed by atoms with Crippen molar-refractivity contribution in [3.05, 3.63) is 39.9 Å². The number of pyridine rings is 1. The Morgan fingerprint density at radius 2 is 2.37 bits per heavy atom. The van der Waals surface area contributed by atoms with Gasteiger partial charge in [-0.15, -0.1) is 0 Å². The molecule has 0 saturated heterocycles. The highest BCUT2D eigenvalue weighted by atomic mass is 16.6. The van der Waals surface area contributed by atoms with Crippen LogP contribution < -0.4 is 5.32 Å². The van der Waals surface area contributed by atoms with E-state index in [1.54, 1.807) is 6.07 Å². The van der Waals surface area contributed by atoms with Gasteiger partial charge in [-0.25, -0.2) is 0 Å². The average molecular weight is 262 g/mol. The molecule has 0 aromatic carbocycles. The minimum atomic E-state index is -0.433. The van der Waals surface area contributed by atoms with Crippen LogP contribution in [-0.4, -0.2) is 21.7 Å². The molecule has 1 aliphatic heterocycles. The lowest BCUT2D eigenvalue weighted by Crippen LogP contribution is -2.15. The molecule has 1 aliphatic rings. The highest BCUT2D eigenvalue weighted by Gasteiger charge is 2.26. The molecule has 0 fully saturated rings. The normalized spacial score (nSPS) is 13.9. The quantitative estimate of drug-likeness (QED) is 0.664. The number of hydrogen-bond donors (Lipinski definition) is 1. The van der Waals surface area contributed by atoms with Gasteiger partial charge in [-0.05, 0) is 0 Å². The minimum Gasteiger partial charge on any atom is -0.376 e. The van der Waals surface area contributed by atoms with E-state index < -0.39 is 4.92 Å². The largest absolute Gasteiger partial charge is 0.376 e. The molecular weight excluding hydrogens is 252 g/mol. The van der Waals surface area contributed by atoms with Crippen LogP contribution in [-0.2, 0) is 17.8 Å². The molecule has 3 heterocycles. The summed E-state index contributed by atoms with van der Waals surface area (Å²) in [7, 11) is 0. The molecule has 98 valence electrons. The SMILES string of the molecule is O=[N+]([O-])c1c(Nc2ccon2)cnc2c1COCC2. The zero-order chi connectivity index (χ0) is 13.2. The van der Waals surface area contributed by atoms with Crippen LogP contribution >= 0.6 is 0 Å². The monoisotopic (exact) mass is 262 g/mol. The lowest BCUT2D eigenvalue weighted by atomic mass is 10.1. The summed E-state index contributed by atoms with van der Waals surface area (Å²) in [5.74, 6) is 0.390. The summed E-state index contributed by atoms with van der Waals surface area (Å²) in [6.07, 6.45) is 3.40. The van der Waals surface area contributed by atoms with Crippen molar-refractivity contribution >= 4 is 17.2 Å². The van der Waals surface area contributed by atoms with Crippen LogP contribution in [0.5, 0.6) is 0 Å². The number of ether oxygens (including phenoxy) is 1. The zero-order valence-corrected chi connectivity index (χ0v) is 9.83. The number of nitrogens with one attached hydrogen (secondary N) is 1. The summed E-state index contributed by atoms with van der Waals surface area (Å²) in [4.78, 5) is 15.1. The summed E-state index contributed by atoms with van der Waals surface area (Å²) in [6, 6.07) is 1.57. The molecule has 0 radical (unpaired) electrons. The van der Waals surface area contributed by atoms with Crippen molar-refractivity contribution in [2.75, 3.05) is 11.9 Å². The van der Waals surface area contributed by atoms with Gasteiger partial charge in [0.25, 0.3) is 0 Å². The van der Waals surface area contributed by atoms with Crippen LogP contribution in [0.2, 0.25) is 0 Å². The first-order valence-corrected chi connectivity index (χ1v) is 5.66. The standard InChI is InChI=1S/C11H10N4O4/c16-15(17)11-7-6-18-3-1-8(7)12-5-9(11)13-10-2-4-19-14-10/h2,4-5H,1,3,6H2,(H,13,14). The molecule has 2 aromatic heterocycles. The average Bonchev–Trinajstić information content (AvgIpc) is 2.91. The summed E-state index contributed by atoms with van der Waals surface area (Å²) in [6.45, 7) is 0.736. The van der Waals surface area contributed by atoms with Crippen molar-refractivity contribution in [3.8, 4) is 0 Å². The summed E-state index contributed by atoms with van der Waals surface area (Å²) in [5.41, 5.74) is 1.49. The topological polar surface area (TPSA) is 103 Å². The van der Waals surface area contributed by atoms with Crippen LogP contribution in [0.1, 0.15) is 11.3 Å². The molecule has 8 heteroatoms. The van der Waals surface area contributed by atoms with Gasteiger partial charge in [-0.1, -0.05) is 5.16 Å². The molecule has 0 aliphatic carbocycles. The first kappa shape index (κ1) is 11.6. The van der Waals surface area contributed by atoms with E-state index in [1.165, 1.54) is 12.5 Å². The third-order valence-corrected chi connectivity index (χ3v) is 2.85. The lowest BCUT2D eigenvalue weighted by molar-refractivity contribution is -0.385. The molecule has 3 rings (SSSR count). The van der Waals surface area contributed by atoms with Gasteiger partial charge in [0.2, 0.25) is 0 Å². The Hall–Kier alpha value is -2.48. The molecule has 19 heavy (non-hydrogen) atoms. The Balaban J connectivity index is 2.06. The number of fused-ring (bicyclic) bond motifs is 1. The summed E-state index contributed by atoms with van der Waals surface area (Å²) < 4.78 is 9.94. The van der Waals surface area contributed by atoms with Crippen LogP contribution in [0.4, 0.5) is 17.2 Å². The van der Waals surface area contributed by atoms with Crippen molar-refractivity contribution in [3.63, 3.8) is 0 Å². The second-order valence-corrected chi connectivity index (χ2v) is 4.02. The van der Waals surface area contributed by atoms with Crippen molar-refractivity contribution in [2.24, 2.45) is 0 Å². The first-order valence-electron chi connectivity index (χ1n) is 5.66. The van der Waals surface area contributed by atoms with Gasteiger partial charge in [0.05, 0.1) is 35.6 Å². The number of hydrogen-bond acceptors (Lipinski definition) is 7. The Kier molecular flexibility index (Phi) is 2.84. The molecule has 0 atom stereocenters. The van der Waals surface area contributed by atoms with E-state index in [2.05, 4.69) is 20.0 Å². The van der Waals surface area contributed by atoms with Crippen molar-refractivity contribution in [1.82, 2.24) is 10.1 Å². The smallest absolute Gasteiger partial charge is 0.301 e. The Labute approximate surface area is 107 Å². The number of rotatable bonds is 3. The number of anilines is 2. The van der Waals surface area contributed by atoms with E-state index in [1.807, 2.05) is 0 Å². The first-order chi connectivity index (χ1) is 9.25. The molecule has 0 amide bonds. The van der Waals surface area contributed by atoms with Crippen LogP contribution in [0.15, 0.2) is 23.0 Å². The fraction of sp³-hybridized carbons (Fsp3) is 0.273. The highest BCUT2D eigenvalue weighted by molar-refractivity contribution is 5.70. The molecule has 0 saturated carbocycles. The highest BCUT2D eigenvalue weighted by Crippen LogP contribution is 2.33.